The zero-order chi connectivity index (χ0) is 20.7. The molecule has 0 radical (unpaired) electrons. The zero-order valence-electron chi connectivity index (χ0n) is 18.7. The Morgan fingerprint density at radius 1 is 1.24 bits per heavy atom. The summed E-state index contributed by atoms with van der Waals surface area (Å²) >= 11 is 0. The van der Waals surface area contributed by atoms with E-state index in [0.717, 1.165) is 38.5 Å². The van der Waals surface area contributed by atoms with E-state index >= 15 is 0 Å². The molecule has 1 amide bonds. The number of carbonyl (C=O) groups is 1. The molecule has 3 atom stereocenters. The number of ether oxygens (including phenoxy) is 3. The van der Waals surface area contributed by atoms with Gasteiger partial charge in [0.15, 0.2) is 5.96 Å². The highest BCUT2D eigenvalue weighted by atomic mass is 127. The van der Waals surface area contributed by atoms with Crippen LogP contribution in [0.5, 0.6) is 0 Å². The van der Waals surface area contributed by atoms with Gasteiger partial charge in [-0.1, -0.05) is 13.8 Å². The van der Waals surface area contributed by atoms with Crippen LogP contribution >= 0.6 is 24.0 Å². The van der Waals surface area contributed by atoms with Gasteiger partial charge < -0.3 is 29.7 Å². The normalized spacial score (nSPS) is 24.1. The number of nitrogens with zero attached hydrogens (tertiary/aromatic N) is 2. The van der Waals surface area contributed by atoms with Crippen molar-refractivity contribution in [1.29, 1.82) is 0 Å². The minimum Gasteiger partial charge on any atom is -0.444 e. The molecule has 2 aliphatic heterocycles. The topological polar surface area (TPSA) is 84.4 Å². The fourth-order valence-electron chi connectivity index (χ4n) is 3.43. The fourth-order valence-corrected chi connectivity index (χ4v) is 3.43. The lowest BCUT2D eigenvalue weighted by Gasteiger charge is -2.37. The molecule has 2 rings (SSSR count). The molecule has 29 heavy (non-hydrogen) atoms. The zero-order valence-corrected chi connectivity index (χ0v) is 21.0. The molecule has 9 heteroatoms. The third kappa shape index (κ3) is 8.84. The fraction of sp³-hybridized carbons (Fsp3) is 0.900. The van der Waals surface area contributed by atoms with Crippen molar-refractivity contribution < 1.29 is 19.0 Å². The number of guanidine groups is 1. The number of nitrogens with one attached hydrogen (secondary N) is 2. The van der Waals surface area contributed by atoms with Gasteiger partial charge in [0.25, 0.3) is 0 Å². The van der Waals surface area contributed by atoms with E-state index < -0.39 is 11.7 Å². The molecule has 8 nitrogen and oxygen atoms in total. The van der Waals surface area contributed by atoms with Crippen molar-refractivity contribution in [3.8, 4) is 0 Å². The first-order valence-corrected chi connectivity index (χ1v) is 10.4. The Balaban J connectivity index is 0.00000420. The molecule has 0 aromatic heterocycles. The Morgan fingerprint density at radius 2 is 1.93 bits per heavy atom. The van der Waals surface area contributed by atoms with Crippen LogP contribution in [0, 0.1) is 5.92 Å². The molecule has 0 aliphatic carbocycles. The molecule has 2 fully saturated rings. The second-order valence-corrected chi connectivity index (χ2v) is 8.83. The summed E-state index contributed by atoms with van der Waals surface area (Å²) in [6.45, 7) is 13.3. The summed E-state index contributed by atoms with van der Waals surface area (Å²) in [5.41, 5.74) is -0.514. The van der Waals surface area contributed by atoms with Crippen molar-refractivity contribution in [3.63, 3.8) is 0 Å². The first kappa shape index (κ1) is 26.2. The van der Waals surface area contributed by atoms with Gasteiger partial charge >= 0.3 is 6.09 Å². The van der Waals surface area contributed by atoms with E-state index in [1.807, 2.05) is 20.8 Å². The van der Waals surface area contributed by atoms with Gasteiger partial charge in [0.05, 0.1) is 18.8 Å². The van der Waals surface area contributed by atoms with Crippen LogP contribution in [-0.2, 0) is 14.2 Å². The Hall–Kier alpha value is -0.810. The van der Waals surface area contributed by atoms with E-state index in [1.54, 1.807) is 7.05 Å². The number of carbonyl (C=O) groups excluding carboxylic acids is 1. The van der Waals surface area contributed by atoms with Crippen LogP contribution in [0.25, 0.3) is 0 Å². The quantitative estimate of drug-likeness (QED) is 0.326. The van der Waals surface area contributed by atoms with Gasteiger partial charge in [0.1, 0.15) is 11.7 Å². The van der Waals surface area contributed by atoms with Gasteiger partial charge in [-0.05, 0) is 39.5 Å². The van der Waals surface area contributed by atoms with E-state index in [4.69, 9.17) is 14.2 Å². The third-order valence-electron chi connectivity index (χ3n) is 4.97. The number of morpholine rings is 1. The molecule has 2 saturated heterocycles. The summed E-state index contributed by atoms with van der Waals surface area (Å²) in [6, 6.07) is -0.0680. The van der Waals surface area contributed by atoms with Gasteiger partial charge in [0.2, 0.25) is 0 Å². The molecule has 0 bridgehead atoms. The van der Waals surface area contributed by atoms with E-state index in [-0.39, 0.29) is 48.1 Å². The lowest BCUT2D eigenvalue weighted by atomic mass is 10.0. The van der Waals surface area contributed by atoms with Gasteiger partial charge in [-0.3, -0.25) is 4.99 Å². The largest absolute Gasteiger partial charge is 0.444 e. The number of halogens is 1. The number of hydrogen-bond acceptors (Lipinski definition) is 5. The van der Waals surface area contributed by atoms with Crippen LogP contribution < -0.4 is 10.6 Å². The van der Waals surface area contributed by atoms with Crippen molar-refractivity contribution in [2.75, 3.05) is 39.9 Å². The highest BCUT2D eigenvalue weighted by Gasteiger charge is 2.32. The van der Waals surface area contributed by atoms with Crippen LogP contribution in [0.4, 0.5) is 4.79 Å². The monoisotopic (exact) mass is 526 g/mol. The van der Waals surface area contributed by atoms with Crippen molar-refractivity contribution in [3.05, 3.63) is 0 Å². The van der Waals surface area contributed by atoms with Gasteiger partial charge in [-0.15, -0.1) is 24.0 Å². The first-order valence-electron chi connectivity index (χ1n) is 10.4. The summed E-state index contributed by atoms with van der Waals surface area (Å²) in [4.78, 5) is 18.8. The Morgan fingerprint density at radius 3 is 2.48 bits per heavy atom. The Labute approximate surface area is 192 Å². The highest BCUT2D eigenvalue weighted by molar-refractivity contribution is 14.0. The van der Waals surface area contributed by atoms with E-state index in [1.165, 1.54) is 0 Å². The SMILES string of the molecule is CN=C(NCC(NC(=O)OC(C)(C)C)C(C)C)N1CCOC(C2CCCO2)C1.I. The molecule has 0 aromatic carbocycles. The maximum Gasteiger partial charge on any atom is 0.407 e. The van der Waals surface area contributed by atoms with E-state index in [2.05, 4.69) is 34.4 Å². The van der Waals surface area contributed by atoms with Crippen LogP contribution in [0.2, 0.25) is 0 Å². The van der Waals surface area contributed by atoms with Gasteiger partial charge in [-0.25, -0.2) is 4.79 Å². The molecule has 2 heterocycles. The molecule has 0 spiro atoms. The molecule has 3 unspecified atom stereocenters. The lowest BCUT2D eigenvalue weighted by Crippen LogP contribution is -2.55. The van der Waals surface area contributed by atoms with Crippen LogP contribution in [-0.4, -0.2) is 80.7 Å². The molecule has 170 valence electrons. The highest BCUT2D eigenvalue weighted by Crippen LogP contribution is 2.21. The molecular formula is C20H39IN4O4. The molecular weight excluding hydrogens is 487 g/mol. The predicted octanol–water partition coefficient (Wildman–Crippen LogP) is 2.61. The van der Waals surface area contributed by atoms with Crippen molar-refractivity contribution in [1.82, 2.24) is 15.5 Å². The lowest BCUT2D eigenvalue weighted by molar-refractivity contribution is -0.0817. The van der Waals surface area contributed by atoms with Crippen LogP contribution in [0.3, 0.4) is 0 Å². The summed E-state index contributed by atoms with van der Waals surface area (Å²) < 4.78 is 17.1. The van der Waals surface area contributed by atoms with Gasteiger partial charge in [-0.2, -0.15) is 0 Å². The number of amides is 1. The number of rotatable bonds is 5. The average Bonchev–Trinajstić information content (AvgIpc) is 3.14. The second kappa shape index (κ2) is 12.1. The smallest absolute Gasteiger partial charge is 0.407 e. The van der Waals surface area contributed by atoms with E-state index in [0.29, 0.717) is 13.2 Å². The minimum absolute atomic E-state index is 0. The third-order valence-corrected chi connectivity index (χ3v) is 4.97. The van der Waals surface area contributed by atoms with E-state index in [9.17, 15) is 4.79 Å². The predicted molar refractivity (Wildman–Crippen MR) is 125 cm³/mol. The summed E-state index contributed by atoms with van der Waals surface area (Å²) in [6.07, 6.45) is 2.02. The average molecular weight is 526 g/mol. The first-order chi connectivity index (χ1) is 13.2. The number of alkyl carbamates (subject to hydrolysis) is 1. The second-order valence-electron chi connectivity index (χ2n) is 8.83. The maximum atomic E-state index is 12.1. The number of hydrogen-bond donors (Lipinski definition) is 2. The minimum atomic E-state index is -0.514. The maximum absolute atomic E-state index is 12.1. The van der Waals surface area contributed by atoms with Crippen LogP contribution in [0.1, 0.15) is 47.5 Å². The molecule has 0 saturated carbocycles. The van der Waals surface area contributed by atoms with Crippen molar-refractivity contribution >= 4 is 36.0 Å². The number of aliphatic imine (C=N–C) groups is 1. The standard InChI is InChI=1S/C20H38N4O4.HI/c1-14(2)15(23-19(25)28-20(3,4)5)12-22-18(21-6)24-9-11-27-17(13-24)16-8-7-10-26-16;/h14-17H,7-13H2,1-6H3,(H,21,22)(H,23,25);1H. The molecule has 2 N–H and O–H groups in total. The summed E-state index contributed by atoms with van der Waals surface area (Å²) in [5, 5.41) is 6.38. The molecule has 2 aliphatic rings. The summed E-state index contributed by atoms with van der Waals surface area (Å²) in [5.74, 6) is 1.07. The van der Waals surface area contributed by atoms with Crippen molar-refractivity contribution in [2.45, 2.75) is 71.3 Å². The van der Waals surface area contributed by atoms with Crippen LogP contribution in [0.15, 0.2) is 4.99 Å². The Bertz CT molecular complexity index is 533. The van der Waals surface area contributed by atoms with Gasteiger partial charge in [0, 0.05) is 33.3 Å². The summed E-state index contributed by atoms with van der Waals surface area (Å²) in [7, 11) is 1.78. The molecule has 0 aromatic rings. The Kier molecular flexibility index (Phi) is 11.0. The van der Waals surface area contributed by atoms with Crippen molar-refractivity contribution in [2.24, 2.45) is 10.9 Å².